The van der Waals surface area contributed by atoms with E-state index in [1.807, 2.05) is 0 Å². The summed E-state index contributed by atoms with van der Waals surface area (Å²) in [6.45, 7) is 7.52. The predicted molar refractivity (Wildman–Crippen MR) is 86.9 cm³/mol. The van der Waals surface area contributed by atoms with E-state index >= 15 is 0 Å². The zero-order valence-electron chi connectivity index (χ0n) is 14.3. The number of hydrogen-bond acceptors (Lipinski definition) is 1. The van der Waals surface area contributed by atoms with Gasteiger partial charge in [-0.1, -0.05) is 27.2 Å². The van der Waals surface area contributed by atoms with Gasteiger partial charge in [0.25, 0.3) is 0 Å². The molecule has 0 aromatic carbocycles. The van der Waals surface area contributed by atoms with Crippen molar-refractivity contribution in [3.8, 4) is 0 Å². The summed E-state index contributed by atoms with van der Waals surface area (Å²) in [6, 6.07) is 0. The Bertz CT molecular complexity index is 418. The Labute approximate surface area is 130 Å². The minimum Gasteiger partial charge on any atom is -0.393 e. The molecule has 4 aliphatic carbocycles. The van der Waals surface area contributed by atoms with Crippen molar-refractivity contribution in [3.05, 3.63) is 0 Å². The Kier molecular flexibility index (Phi) is 3.27. The van der Waals surface area contributed by atoms with Crippen molar-refractivity contribution in [2.75, 3.05) is 0 Å². The van der Waals surface area contributed by atoms with Crippen LogP contribution >= 0.6 is 0 Å². The lowest BCUT2D eigenvalue weighted by molar-refractivity contribution is -0.125. The summed E-state index contributed by atoms with van der Waals surface area (Å²) >= 11 is 0. The van der Waals surface area contributed by atoms with E-state index in [0.29, 0.717) is 5.41 Å². The van der Waals surface area contributed by atoms with Crippen LogP contribution in [-0.2, 0) is 0 Å². The largest absolute Gasteiger partial charge is 0.393 e. The van der Waals surface area contributed by atoms with Crippen molar-refractivity contribution >= 4 is 0 Å². The first-order valence-electron chi connectivity index (χ1n) is 9.63. The first-order chi connectivity index (χ1) is 9.95. The monoisotopic (exact) mass is 290 g/mol. The van der Waals surface area contributed by atoms with Crippen LogP contribution in [0.4, 0.5) is 0 Å². The molecule has 0 aromatic rings. The number of aliphatic hydroxyl groups excluding tert-OH is 1. The van der Waals surface area contributed by atoms with Gasteiger partial charge in [-0.25, -0.2) is 0 Å². The van der Waals surface area contributed by atoms with Gasteiger partial charge >= 0.3 is 0 Å². The summed E-state index contributed by atoms with van der Waals surface area (Å²) < 4.78 is 0. The second-order valence-corrected chi connectivity index (χ2v) is 9.67. The molecule has 1 nitrogen and oxygen atoms in total. The van der Waals surface area contributed by atoms with Crippen LogP contribution in [0.2, 0.25) is 0 Å². The van der Waals surface area contributed by atoms with Crippen LogP contribution in [0.1, 0.15) is 78.6 Å². The van der Waals surface area contributed by atoms with Crippen LogP contribution in [0.25, 0.3) is 0 Å². The van der Waals surface area contributed by atoms with Crippen LogP contribution < -0.4 is 0 Å². The van der Waals surface area contributed by atoms with Crippen molar-refractivity contribution in [2.45, 2.75) is 84.7 Å². The Morgan fingerprint density at radius 1 is 0.810 bits per heavy atom. The quantitative estimate of drug-likeness (QED) is 0.663. The molecule has 4 aliphatic rings. The molecule has 120 valence electrons. The van der Waals surface area contributed by atoms with Crippen molar-refractivity contribution < 1.29 is 5.11 Å². The van der Waals surface area contributed by atoms with Gasteiger partial charge in [-0.3, -0.25) is 0 Å². The number of rotatable bonds is 0. The van der Waals surface area contributed by atoms with Crippen molar-refractivity contribution in [1.29, 1.82) is 0 Å². The van der Waals surface area contributed by atoms with Gasteiger partial charge in [0.15, 0.2) is 0 Å². The predicted octanol–water partition coefficient (Wildman–Crippen LogP) is 5.03. The molecule has 0 radical (unpaired) electrons. The molecule has 4 fully saturated rings. The summed E-state index contributed by atoms with van der Waals surface area (Å²) in [4.78, 5) is 0. The fourth-order valence-corrected chi connectivity index (χ4v) is 7.44. The molecular weight excluding hydrogens is 256 g/mol. The fourth-order valence-electron chi connectivity index (χ4n) is 7.44. The molecule has 8 atom stereocenters. The molecule has 0 aliphatic heterocycles. The standard InChI is InChI=1S/C20H34O/c1-13-8-10-19(2)14(12-13)4-5-15-16-6-7-18(21)20(16,3)11-9-17(15)19/h13-18,21H,4-12H2,1-3H3/t13-,14+,15?,16?,17?,18?,19-,20-/m0/s1. The Hall–Kier alpha value is -0.0400. The SMILES string of the molecule is C[C@H]1CC[C@]2(C)C3CC[C@]4(C)C(O)CCC4C3CC[C@@H]2C1. The van der Waals surface area contributed by atoms with E-state index in [1.165, 1.54) is 51.4 Å². The molecular formula is C20H34O. The van der Waals surface area contributed by atoms with Crippen molar-refractivity contribution in [2.24, 2.45) is 40.4 Å². The third-order valence-electron chi connectivity index (χ3n) is 8.88. The minimum atomic E-state index is -0.0136. The number of fused-ring (bicyclic) bond motifs is 5. The third-order valence-corrected chi connectivity index (χ3v) is 8.88. The van der Waals surface area contributed by atoms with Gasteiger partial charge in [-0.05, 0) is 91.8 Å². The van der Waals surface area contributed by atoms with Crippen LogP contribution in [0.5, 0.6) is 0 Å². The minimum absolute atomic E-state index is 0.0136. The molecule has 1 N–H and O–H groups in total. The highest BCUT2D eigenvalue weighted by molar-refractivity contribution is 5.09. The molecule has 4 saturated carbocycles. The van der Waals surface area contributed by atoms with Crippen LogP contribution in [-0.4, -0.2) is 11.2 Å². The summed E-state index contributed by atoms with van der Waals surface area (Å²) in [5.41, 5.74) is 0.886. The third kappa shape index (κ3) is 1.92. The molecule has 0 bridgehead atoms. The smallest absolute Gasteiger partial charge is 0.0596 e. The normalized spacial score (nSPS) is 60.0. The highest BCUT2D eigenvalue weighted by atomic mass is 16.3. The van der Waals surface area contributed by atoms with E-state index in [1.54, 1.807) is 0 Å². The highest BCUT2D eigenvalue weighted by Gasteiger charge is 2.59. The molecule has 0 aromatic heterocycles. The van der Waals surface area contributed by atoms with Crippen molar-refractivity contribution in [1.82, 2.24) is 0 Å². The van der Waals surface area contributed by atoms with Gasteiger partial charge in [0.2, 0.25) is 0 Å². The molecule has 0 heterocycles. The topological polar surface area (TPSA) is 20.2 Å². The van der Waals surface area contributed by atoms with E-state index in [2.05, 4.69) is 20.8 Å². The maximum atomic E-state index is 10.5. The maximum Gasteiger partial charge on any atom is 0.0596 e. The summed E-state index contributed by atoms with van der Waals surface area (Å²) in [5, 5.41) is 10.5. The lowest BCUT2D eigenvalue weighted by atomic mass is 9.44. The number of aliphatic hydroxyl groups is 1. The van der Waals surface area contributed by atoms with E-state index in [-0.39, 0.29) is 11.5 Å². The van der Waals surface area contributed by atoms with Gasteiger partial charge < -0.3 is 5.11 Å². The van der Waals surface area contributed by atoms with Gasteiger partial charge in [0.1, 0.15) is 0 Å². The van der Waals surface area contributed by atoms with E-state index in [9.17, 15) is 5.11 Å². The first kappa shape index (κ1) is 14.5. The van der Waals surface area contributed by atoms with E-state index in [0.717, 1.165) is 36.0 Å². The first-order valence-corrected chi connectivity index (χ1v) is 9.63. The fraction of sp³-hybridized carbons (Fsp3) is 1.00. The summed E-state index contributed by atoms with van der Waals surface area (Å²) in [5.74, 6) is 4.67. The van der Waals surface area contributed by atoms with E-state index in [4.69, 9.17) is 0 Å². The van der Waals surface area contributed by atoms with Gasteiger partial charge in [0.05, 0.1) is 6.10 Å². The second-order valence-electron chi connectivity index (χ2n) is 9.67. The Balaban J connectivity index is 1.62. The molecule has 21 heavy (non-hydrogen) atoms. The van der Waals surface area contributed by atoms with Crippen molar-refractivity contribution in [3.63, 3.8) is 0 Å². The molecule has 4 unspecified atom stereocenters. The van der Waals surface area contributed by atoms with Gasteiger partial charge in [-0.15, -0.1) is 0 Å². The molecule has 0 saturated heterocycles. The molecule has 0 amide bonds. The zero-order chi connectivity index (χ0) is 14.8. The van der Waals surface area contributed by atoms with Gasteiger partial charge in [0, 0.05) is 0 Å². The van der Waals surface area contributed by atoms with Crippen LogP contribution in [0.3, 0.4) is 0 Å². The molecule has 1 heteroatoms. The Morgan fingerprint density at radius 3 is 2.33 bits per heavy atom. The van der Waals surface area contributed by atoms with Crippen LogP contribution in [0.15, 0.2) is 0 Å². The second kappa shape index (κ2) is 4.73. The maximum absolute atomic E-state index is 10.5. The zero-order valence-corrected chi connectivity index (χ0v) is 14.3. The van der Waals surface area contributed by atoms with E-state index < -0.39 is 0 Å². The lowest BCUT2D eigenvalue weighted by Gasteiger charge is -2.60. The Morgan fingerprint density at radius 2 is 1.52 bits per heavy atom. The van der Waals surface area contributed by atoms with Gasteiger partial charge in [-0.2, -0.15) is 0 Å². The average molecular weight is 290 g/mol. The average Bonchev–Trinajstić information content (AvgIpc) is 2.76. The summed E-state index contributed by atoms with van der Waals surface area (Å²) in [7, 11) is 0. The number of hydrogen-bond donors (Lipinski definition) is 1. The highest BCUT2D eigenvalue weighted by Crippen LogP contribution is 2.66. The summed E-state index contributed by atoms with van der Waals surface area (Å²) in [6.07, 6.45) is 12.4. The molecule has 0 spiro atoms. The van der Waals surface area contributed by atoms with Crippen LogP contribution in [0, 0.1) is 40.4 Å². The molecule has 4 rings (SSSR count). The lowest BCUT2D eigenvalue weighted by Crippen LogP contribution is -2.53.